The van der Waals surface area contributed by atoms with Crippen molar-refractivity contribution < 1.29 is 0 Å². The molecule has 1 unspecified atom stereocenters. The molecule has 0 aliphatic carbocycles. The van der Waals surface area contributed by atoms with Gasteiger partial charge in [-0.2, -0.15) is 0 Å². The van der Waals surface area contributed by atoms with Crippen LogP contribution in [0.1, 0.15) is 32.5 Å². The first-order valence-corrected chi connectivity index (χ1v) is 5.85. The number of nitrogens with two attached hydrogens (primary N) is 1. The van der Waals surface area contributed by atoms with E-state index in [0.29, 0.717) is 5.02 Å². The third-order valence-electron chi connectivity index (χ3n) is 2.75. The zero-order chi connectivity index (χ0) is 11.8. The third kappa shape index (κ3) is 2.06. The number of nitrogens with one attached hydrogen (secondary N) is 1. The number of aromatic nitrogens is 2. The SMILES string of the molecule is CCCC(C)(N)c1nc2ccc(Cl)cc2[nH]1. The van der Waals surface area contributed by atoms with Crippen LogP contribution in [0.2, 0.25) is 5.02 Å². The van der Waals surface area contributed by atoms with Crippen LogP contribution in [-0.4, -0.2) is 9.97 Å². The van der Waals surface area contributed by atoms with Crippen LogP contribution in [0.15, 0.2) is 18.2 Å². The minimum atomic E-state index is -0.403. The minimum absolute atomic E-state index is 0.403. The second kappa shape index (κ2) is 4.07. The number of imidazole rings is 1. The second-order valence-electron chi connectivity index (χ2n) is 4.41. The summed E-state index contributed by atoms with van der Waals surface area (Å²) in [7, 11) is 0. The molecule has 0 radical (unpaired) electrons. The van der Waals surface area contributed by atoms with Crippen molar-refractivity contribution in [2.45, 2.75) is 32.2 Å². The number of hydrogen-bond donors (Lipinski definition) is 2. The molecule has 0 aliphatic rings. The minimum Gasteiger partial charge on any atom is -0.340 e. The Balaban J connectivity index is 2.46. The molecule has 4 heteroatoms. The number of fused-ring (bicyclic) bond motifs is 1. The van der Waals surface area contributed by atoms with Gasteiger partial charge in [0.1, 0.15) is 5.82 Å². The number of H-pyrrole nitrogens is 1. The van der Waals surface area contributed by atoms with E-state index >= 15 is 0 Å². The summed E-state index contributed by atoms with van der Waals surface area (Å²) in [4.78, 5) is 7.75. The first kappa shape index (κ1) is 11.4. The second-order valence-corrected chi connectivity index (χ2v) is 4.85. The lowest BCUT2D eigenvalue weighted by Gasteiger charge is -2.20. The Morgan fingerprint density at radius 1 is 1.50 bits per heavy atom. The molecule has 16 heavy (non-hydrogen) atoms. The van der Waals surface area contributed by atoms with E-state index in [1.54, 1.807) is 0 Å². The summed E-state index contributed by atoms with van der Waals surface area (Å²) in [5.74, 6) is 0.826. The Bertz CT molecular complexity index is 502. The molecular formula is C12H16ClN3. The molecular weight excluding hydrogens is 222 g/mol. The fraction of sp³-hybridized carbons (Fsp3) is 0.417. The molecule has 1 atom stereocenters. The first-order valence-electron chi connectivity index (χ1n) is 5.47. The normalized spacial score (nSPS) is 15.2. The van der Waals surface area contributed by atoms with Gasteiger partial charge in [0, 0.05) is 5.02 Å². The van der Waals surface area contributed by atoms with Crippen LogP contribution in [0.5, 0.6) is 0 Å². The number of nitrogens with zero attached hydrogens (tertiary/aromatic N) is 1. The van der Waals surface area contributed by atoms with Crippen molar-refractivity contribution in [2.75, 3.05) is 0 Å². The molecule has 1 aromatic carbocycles. The standard InChI is InChI=1S/C12H16ClN3/c1-3-6-12(2,14)11-15-9-5-4-8(13)7-10(9)16-11/h4-5,7H,3,6,14H2,1-2H3,(H,15,16). The van der Waals surface area contributed by atoms with Crippen LogP contribution in [0.25, 0.3) is 11.0 Å². The molecule has 2 rings (SSSR count). The summed E-state index contributed by atoms with van der Waals surface area (Å²) in [5.41, 5.74) is 7.67. The van der Waals surface area contributed by atoms with E-state index in [-0.39, 0.29) is 0 Å². The Morgan fingerprint density at radius 3 is 2.94 bits per heavy atom. The van der Waals surface area contributed by atoms with Crippen LogP contribution >= 0.6 is 11.6 Å². The molecule has 0 saturated carbocycles. The Kier molecular flexibility index (Phi) is 2.91. The van der Waals surface area contributed by atoms with Crippen molar-refractivity contribution >= 4 is 22.6 Å². The van der Waals surface area contributed by atoms with Gasteiger partial charge in [-0.1, -0.05) is 24.9 Å². The predicted molar refractivity (Wildman–Crippen MR) is 67.6 cm³/mol. The van der Waals surface area contributed by atoms with E-state index in [4.69, 9.17) is 17.3 Å². The maximum absolute atomic E-state index is 6.22. The number of benzene rings is 1. The number of rotatable bonds is 3. The molecule has 0 bridgehead atoms. The first-order chi connectivity index (χ1) is 7.53. The van der Waals surface area contributed by atoms with E-state index in [1.165, 1.54) is 0 Å². The number of hydrogen-bond acceptors (Lipinski definition) is 2. The lowest BCUT2D eigenvalue weighted by Crippen LogP contribution is -2.34. The molecule has 3 nitrogen and oxygen atoms in total. The van der Waals surface area contributed by atoms with Crippen molar-refractivity contribution in [2.24, 2.45) is 5.73 Å². The largest absolute Gasteiger partial charge is 0.340 e. The zero-order valence-corrected chi connectivity index (χ0v) is 10.3. The maximum atomic E-state index is 6.22. The number of aromatic amines is 1. The average molecular weight is 238 g/mol. The fourth-order valence-corrected chi connectivity index (χ4v) is 2.06. The lowest BCUT2D eigenvalue weighted by molar-refractivity contribution is 0.424. The van der Waals surface area contributed by atoms with Crippen molar-refractivity contribution in [3.05, 3.63) is 29.0 Å². The monoisotopic (exact) mass is 237 g/mol. The molecule has 3 N–H and O–H groups in total. The summed E-state index contributed by atoms with van der Waals surface area (Å²) >= 11 is 5.92. The summed E-state index contributed by atoms with van der Waals surface area (Å²) in [6.45, 7) is 4.11. The average Bonchev–Trinajstić information content (AvgIpc) is 2.61. The molecule has 2 aromatic rings. The van der Waals surface area contributed by atoms with Crippen LogP contribution < -0.4 is 5.73 Å². The van der Waals surface area contributed by atoms with Gasteiger partial charge in [-0.15, -0.1) is 0 Å². The van der Waals surface area contributed by atoms with E-state index in [2.05, 4.69) is 16.9 Å². The van der Waals surface area contributed by atoms with Gasteiger partial charge >= 0.3 is 0 Å². The Labute approximate surface area is 100 Å². The third-order valence-corrected chi connectivity index (χ3v) is 2.99. The summed E-state index contributed by atoms with van der Waals surface area (Å²) in [5, 5.41) is 0.705. The van der Waals surface area contributed by atoms with E-state index in [1.807, 2.05) is 25.1 Å². The van der Waals surface area contributed by atoms with Crippen LogP contribution in [-0.2, 0) is 5.54 Å². The van der Waals surface area contributed by atoms with Crippen LogP contribution in [0, 0.1) is 0 Å². The quantitative estimate of drug-likeness (QED) is 0.862. The van der Waals surface area contributed by atoms with Crippen molar-refractivity contribution in [1.82, 2.24) is 9.97 Å². The van der Waals surface area contributed by atoms with E-state index in [0.717, 1.165) is 29.7 Å². The zero-order valence-electron chi connectivity index (χ0n) is 9.55. The van der Waals surface area contributed by atoms with Gasteiger partial charge in [-0.05, 0) is 31.5 Å². The smallest absolute Gasteiger partial charge is 0.127 e. The Hall–Kier alpha value is -1.06. The molecule has 86 valence electrons. The molecule has 0 spiro atoms. The van der Waals surface area contributed by atoms with Crippen LogP contribution in [0.3, 0.4) is 0 Å². The molecule has 0 aliphatic heterocycles. The van der Waals surface area contributed by atoms with Crippen molar-refractivity contribution in [1.29, 1.82) is 0 Å². The van der Waals surface area contributed by atoms with Gasteiger partial charge in [0.05, 0.1) is 16.6 Å². The van der Waals surface area contributed by atoms with Gasteiger partial charge in [0.2, 0.25) is 0 Å². The highest BCUT2D eigenvalue weighted by Gasteiger charge is 2.23. The number of halogens is 1. The summed E-state index contributed by atoms with van der Waals surface area (Å²) in [6, 6.07) is 5.61. The highest BCUT2D eigenvalue weighted by molar-refractivity contribution is 6.31. The van der Waals surface area contributed by atoms with Crippen molar-refractivity contribution in [3.63, 3.8) is 0 Å². The molecule has 1 aromatic heterocycles. The maximum Gasteiger partial charge on any atom is 0.127 e. The van der Waals surface area contributed by atoms with Gasteiger partial charge in [0.25, 0.3) is 0 Å². The fourth-order valence-electron chi connectivity index (χ4n) is 1.89. The summed E-state index contributed by atoms with van der Waals surface area (Å²) in [6.07, 6.45) is 1.94. The van der Waals surface area contributed by atoms with Gasteiger partial charge in [-0.25, -0.2) is 4.98 Å². The van der Waals surface area contributed by atoms with E-state index in [9.17, 15) is 0 Å². The lowest BCUT2D eigenvalue weighted by atomic mass is 9.97. The molecule has 0 saturated heterocycles. The van der Waals surface area contributed by atoms with Gasteiger partial charge in [0.15, 0.2) is 0 Å². The van der Waals surface area contributed by atoms with Crippen LogP contribution in [0.4, 0.5) is 0 Å². The van der Waals surface area contributed by atoms with Crippen molar-refractivity contribution in [3.8, 4) is 0 Å². The molecule has 0 fully saturated rings. The van der Waals surface area contributed by atoms with Gasteiger partial charge in [-0.3, -0.25) is 0 Å². The summed E-state index contributed by atoms with van der Waals surface area (Å²) < 4.78 is 0. The highest BCUT2D eigenvalue weighted by Crippen LogP contribution is 2.24. The van der Waals surface area contributed by atoms with Gasteiger partial charge < -0.3 is 10.7 Å². The van der Waals surface area contributed by atoms with E-state index < -0.39 is 5.54 Å². The highest BCUT2D eigenvalue weighted by atomic mass is 35.5. The predicted octanol–water partition coefficient (Wildman–Crippen LogP) is 3.19. The Morgan fingerprint density at radius 2 is 2.25 bits per heavy atom. The molecule has 1 heterocycles. The topological polar surface area (TPSA) is 54.7 Å². The molecule has 0 amide bonds.